The summed E-state index contributed by atoms with van der Waals surface area (Å²) in [4.78, 5) is 0. The summed E-state index contributed by atoms with van der Waals surface area (Å²) < 4.78 is 45.7. The molecule has 0 radical (unpaired) electrons. The van der Waals surface area contributed by atoms with E-state index in [1.807, 2.05) is 24.3 Å². The molecule has 2 aromatic rings. The Kier molecular flexibility index (Phi) is 6.76. The molecular weight excluding hydrogens is 329 g/mol. The van der Waals surface area contributed by atoms with Gasteiger partial charge < -0.3 is 9.47 Å². The molecule has 0 unspecified atom stereocenters. The van der Waals surface area contributed by atoms with Crippen molar-refractivity contribution in [2.75, 3.05) is 6.61 Å². The Bertz CT molecular complexity index is 708. The molecular formula is C20H19F3O2. The third-order valence-corrected chi connectivity index (χ3v) is 3.31. The van der Waals surface area contributed by atoms with Crippen molar-refractivity contribution in [2.24, 2.45) is 0 Å². The summed E-state index contributed by atoms with van der Waals surface area (Å²) in [6.07, 6.45) is -1.35. The van der Waals surface area contributed by atoms with Crippen LogP contribution < -0.4 is 9.47 Å². The second kappa shape index (κ2) is 9.03. The summed E-state index contributed by atoms with van der Waals surface area (Å²) in [6.45, 7) is 2.84. The van der Waals surface area contributed by atoms with E-state index in [4.69, 9.17) is 4.74 Å². The molecule has 0 atom stereocenters. The molecule has 0 aromatic heterocycles. The van der Waals surface area contributed by atoms with Gasteiger partial charge in [-0.1, -0.05) is 31.6 Å². The van der Waals surface area contributed by atoms with Crippen LogP contribution in [0.15, 0.2) is 48.5 Å². The fourth-order valence-electron chi connectivity index (χ4n) is 2.06. The number of hydrogen-bond donors (Lipinski definition) is 0. The minimum absolute atomic E-state index is 0.261. The molecule has 0 saturated heterocycles. The maximum absolute atomic E-state index is 12.1. The van der Waals surface area contributed by atoms with Crippen LogP contribution in [0.2, 0.25) is 0 Å². The van der Waals surface area contributed by atoms with E-state index in [0.29, 0.717) is 12.2 Å². The molecule has 0 aliphatic heterocycles. The van der Waals surface area contributed by atoms with Gasteiger partial charge >= 0.3 is 6.36 Å². The Morgan fingerprint density at radius 2 is 1.32 bits per heavy atom. The van der Waals surface area contributed by atoms with E-state index in [-0.39, 0.29) is 5.75 Å². The van der Waals surface area contributed by atoms with E-state index in [1.165, 1.54) is 24.3 Å². The fourth-order valence-corrected chi connectivity index (χ4v) is 2.06. The number of hydrogen-bond acceptors (Lipinski definition) is 2. The van der Waals surface area contributed by atoms with Crippen LogP contribution in [0.1, 0.15) is 37.3 Å². The van der Waals surface area contributed by atoms with Crippen molar-refractivity contribution in [1.29, 1.82) is 0 Å². The molecule has 0 heterocycles. The highest BCUT2D eigenvalue weighted by Gasteiger charge is 2.30. The van der Waals surface area contributed by atoms with Crippen LogP contribution in [-0.4, -0.2) is 13.0 Å². The number of alkyl halides is 3. The predicted molar refractivity (Wildman–Crippen MR) is 90.6 cm³/mol. The van der Waals surface area contributed by atoms with Crippen LogP contribution in [-0.2, 0) is 0 Å². The van der Waals surface area contributed by atoms with E-state index in [1.54, 1.807) is 0 Å². The standard InChI is InChI=1S/C20H19F3O2/c1-2-3-4-15-24-18-11-7-16(8-12-18)5-6-17-9-13-19(14-10-17)25-20(21,22)23/h7-14H,2-4,15H2,1H3. The Morgan fingerprint density at radius 1 is 0.800 bits per heavy atom. The average Bonchev–Trinajstić information content (AvgIpc) is 2.58. The molecule has 0 amide bonds. The van der Waals surface area contributed by atoms with Gasteiger partial charge in [-0.3, -0.25) is 0 Å². The summed E-state index contributed by atoms with van der Waals surface area (Å²) in [5.74, 6) is 6.41. The van der Waals surface area contributed by atoms with Crippen LogP contribution in [0.4, 0.5) is 13.2 Å². The van der Waals surface area contributed by atoms with Crippen molar-refractivity contribution in [3.05, 3.63) is 59.7 Å². The SMILES string of the molecule is CCCCCOc1ccc(C#Cc2ccc(OC(F)(F)F)cc2)cc1. The number of unbranched alkanes of at least 4 members (excludes halogenated alkanes) is 2. The van der Waals surface area contributed by atoms with Gasteiger partial charge in [-0.2, -0.15) is 0 Å². The maximum Gasteiger partial charge on any atom is 0.573 e. The highest BCUT2D eigenvalue weighted by atomic mass is 19.4. The van der Waals surface area contributed by atoms with Gasteiger partial charge in [0.1, 0.15) is 11.5 Å². The summed E-state index contributed by atoms with van der Waals surface area (Å²) >= 11 is 0. The van der Waals surface area contributed by atoms with Crippen LogP contribution in [0.5, 0.6) is 11.5 Å². The molecule has 2 aromatic carbocycles. The first-order valence-electron chi connectivity index (χ1n) is 8.07. The van der Waals surface area contributed by atoms with Gasteiger partial charge in [0.15, 0.2) is 0 Å². The van der Waals surface area contributed by atoms with E-state index in [0.717, 1.165) is 30.6 Å². The van der Waals surface area contributed by atoms with Crippen molar-refractivity contribution in [3.8, 4) is 23.3 Å². The fraction of sp³-hybridized carbons (Fsp3) is 0.300. The first-order valence-corrected chi connectivity index (χ1v) is 8.07. The quantitative estimate of drug-likeness (QED) is 0.503. The Balaban J connectivity index is 1.92. The smallest absolute Gasteiger partial charge is 0.494 e. The molecule has 0 bridgehead atoms. The van der Waals surface area contributed by atoms with Gasteiger partial charge in [0, 0.05) is 11.1 Å². The summed E-state index contributed by atoms with van der Waals surface area (Å²) in [5.41, 5.74) is 1.41. The van der Waals surface area contributed by atoms with Crippen LogP contribution in [0.25, 0.3) is 0 Å². The molecule has 0 aliphatic carbocycles. The molecule has 0 fully saturated rings. The van der Waals surface area contributed by atoms with Crippen LogP contribution in [0.3, 0.4) is 0 Å². The summed E-state index contributed by atoms with van der Waals surface area (Å²) in [7, 11) is 0. The largest absolute Gasteiger partial charge is 0.573 e. The van der Waals surface area contributed by atoms with Crippen molar-refractivity contribution in [2.45, 2.75) is 32.5 Å². The number of halogens is 3. The monoisotopic (exact) mass is 348 g/mol. The molecule has 0 spiro atoms. The number of benzene rings is 2. The second-order valence-electron chi connectivity index (χ2n) is 5.40. The first kappa shape index (κ1) is 18.7. The minimum atomic E-state index is -4.69. The molecule has 0 aliphatic rings. The third kappa shape index (κ3) is 7.21. The number of rotatable bonds is 6. The zero-order valence-corrected chi connectivity index (χ0v) is 13.9. The highest BCUT2D eigenvalue weighted by Crippen LogP contribution is 2.22. The minimum Gasteiger partial charge on any atom is -0.494 e. The van der Waals surface area contributed by atoms with Gasteiger partial charge in [-0.05, 0) is 55.0 Å². The third-order valence-electron chi connectivity index (χ3n) is 3.31. The van der Waals surface area contributed by atoms with Crippen LogP contribution in [0, 0.1) is 11.8 Å². The molecule has 0 N–H and O–H groups in total. The highest BCUT2D eigenvalue weighted by molar-refractivity contribution is 5.45. The van der Waals surface area contributed by atoms with Crippen molar-refractivity contribution < 1.29 is 22.6 Å². The molecule has 25 heavy (non-hydrogen) atoms. The average molecular weight is 348 g/mol. The molecule has 132 valence electrons. The topological polar surface area (TPSA) is 18.5 Å². The lowest BCUT2D eigenvalue weighted by Crippen LogP contribution is -2.16. The van der Waals surface area contributed by atoms with E-state index < -0.39 is 6.36 Å². The van der Waals surface area contributed by atoms with Gasteiger partial charge in [0.05, 0.1) is 6.61 Å². The molecule has 0 saturated carbocycles. The zero-order valence-electron chi connectivity index (χ0n) is 13.9. The zero-order chi connectivity index (χ0) is 18.1. The predicted octanol–water partition coefficient (Wildman–Crippen LogP) is 5.55. The normalized spacial score (nSPS) is 10.7. The van der Waals surface area contributed by atoms with Gasteiger partial charge in [0.2, 0.25) is 0 Å². The maximum atomic E-state index is 12.1. The molecule has 2 rings (SSSR count). The summed E-state index contributed by atoms with van der Waals surface area (Å²) in [5, 5.41) is 0. The van der Waals surface area contributed by atoms with Gasteiger partial charge in [-0.25, -0.2) is 0 Å². The molecule has 5 heteroatoms. The Hall–Kier alpha value is -2.61. The van der Waals surface area contributed by atoms with E-state index in [2.05, 4.69) is 23.5 Å². The lowest BCUT2D eigenvalue weighted by Gasteiger charge is -2.08. The Labute approximate surface area is 145 Å². The number of ether oxygens (including phenoxy) is 2. The van der Waals surface area contributed by atoms with Crippen molar-refractivity contribution in [1.82, 2.24) is 0 Å². The Morgan fingerprint density at radius 3 is 1.80 bits per heavy atom. The van der Waals surface area contributed by atoms with Crippen LogP contribution >= 0.6 is 0 Å². The van der Waals surface area contributed by atoms with E-state index in [9.17, 15) is 13.2 Å². The first-order chi connectivity index (χ1) is 12.0. The van der Waals surface area contributed by atoms with Crippen molar-refractivity contribution in [3.63, 3.8) is 0 Å². The lowest BCUT2D eigenvalue weighted by molar-refractivity contribution is -0.274. The van der Waals surface area contributed by atoms with E-state index >= 15 is 0 Å². The van der Waals surface area contributed by atoms with Crippen molar-refractivity contribution >= 4 is 0 Å². The molecule has 2 nitrogen and oxygen atoms in total. The van der Waals surface area contributed by atoms with Gasteiger partial charge in [-0.15, -0.1) is 13.2 Å². The second-order valence-corrected chi connectivity index (χ2v) is 5.40. The van der Waals surface area contributed by atoms with Gasteiger partial charge in [0.25, 0.3) is 0 Å². The summed E-state index contributed by atoms with van der Waals surface area (Å²) in [6, 6.07) is 12.9. The lowest BCUT2D eigenvalue weighted by atomic mass is 10.2.